The van der Waals surface area contributed by atoms with E-state index >= 15 is 0 Å². The molecule has 0 saturated heterocycles. The SMILES string of the molecule is CC(C)(C)c1ccc(C(=O)NCC(=O)N[C@@H](CO)CCO)cc1. The highest BCUT2D eigenvalue weighted by Gasteiger charge is 2.15. The monoisotopic (exact) mass is 322 g/mol. The maximum absolute atomic E-state index is 12.0. The van der Waals surface area contributed by atoms with Crippen LogP contribution in [-0.4, -0.2) is 47.8 Å². The zero-order chi connectivity index (χ0) is 17.5. The molecule has 0 aliphatic carbocycles. The zero-order valence-corrected chi connectivity index (χ0v) is 13.9. The summed E-state index contributed by atoms with van der Waals surface area (Å²) in [5.41, 5.74) is 1.63. The summed E-state index contributed by atoms with van der Waals surface area (Å²) < 4.78 is 0. The van der Waals surface area contributed by atoms with Crippen LogP contribution in [0.1, 0.15) is 43.1 Å². The van der Waals surface area contributed by atoms with Gasteiger partial charge < -0.3 is 20.8 Å². The van der Waals surface area contributed by atoms with Gasteiger partial charge in [-0.2, -0.15) is 0 Å². The van der Waals surface area contributed by atoms with Crippen LogP contribution in [0.2, 0.25) is 0 Å². The lowest BCUT2D eigenvalue weighted by atomic mass is 9.87. The van der Waals surface area contributed by atoms with Crippen molar-refractivity contribution in [2.45, 2.75) is 38.6 Å². The van der Waals surface area contributed by atoms with Gasteiger partial charge in [-0.05, 0) is 29.5 Å². The summed E-state index contributed by atoms with van der Waals surface area (Å²) in [5.74, 6) is -0.736. The van der Waals surface area contributed by atoms with Crippen molar-refractivity contribution in [3.8, 4) is 0 Å². The third-order valence-corrected chi connectivity index (χ3v) is 3.49. The van der Waals surface area contributed by atoms with Crippen LogP contribution in [0.15, 0.2) is 24.3 Å². The van der Waals surface area contributed by atoms with Gasteiger partial charge in [0.1, 0.15) is 0 Å². The number of hydrogen-bond donors (Lipinski definition) is 4. The van der Waals surface area contributed by atoms with E-state index in [4.69, 9.17) is 10.2 Å². The number of rotatable bonds is 7. The Bertz CT molecular complexity index is 520. The third kappa shape index (κ3) is 6.38. The molecule has 4 N–H and O–H groups in total. The molecule has 0 unspecified atom stereocenters. The molecule has 0 aliphatic heterocycles. The predicted molar refractivity (Wildman–Crippen MR) is 88.2 cm³/mol. The fraction of sp³-hybridized carbons (Fsp3) is 0.529. The number of hydrogen-bond acceptors (Lipinski definition) is 4. The Morgan fingerprint density at radius 3 is 2.22 bits per heavy atom. The number of aliphatic hydroxyl groups excluding tert-OH is 2. The first-order chi connectivity index (χ1) is 10.8. The van der Waals surface area contributed by atoms with Crippen LogP contribution >= 0.6 is 0 Å². The highest BCUT2D eigenvalue weighted by Crippen LogP contribution is 2.22. The molecule has 128 valence electrons. The van der Waals surface area contributed by atoms with Gasteiger partial charge in [0, 0.05) is 12.2 Å². The molecule has 0 fully saturated rings. The van der Waals surface area contributed by atoms with Gasteiger partial charge in [-0.15, -0.1) is 0 Å². The van der Waals surface area contributed by atoms with Crippen LogP contribution in [-0.2, 0) is 10.2 Å². The number of nitrogens with one attached hydrogen (secondary N) is 2. The summed E-state index contributed by atoms with van der Waals surface area (Å²) in [4.78, 5) is 23.7. The van der Waals surface area contributed by atoms with E-state index in [1.54, 1.807) is 12.1 Å². The Labute approximate surface area is 136 Å². The average molecular weight is 322 g/mol. The molecule has 0 heterocycles. The molecule has 23 heavy (non-hydrogen) atoms. The quantitative estimate of drug-likeness (QED) is 0.590. The first-order valence-electron chi connectivity index (χ1n) is 7.67. The van der Waals surface area contributed by atoms with Crippen LogP contribution in [0.3, 0.4) is 0 Å². The molecule has 0 radical (unpaired) electrons. The highest BCUT2D eigenvalue weighted by molar-refractivity contribution is 5.96. The lowest BCUT2D eigenvalue weighted by Gasteiger charge is -2.19. The molecule has 2 amide bonds. The Hall–Kier alpha value is -1.92. The minimum absolute atomic E-state index is 0.0148. The van der Waals surface area contributed by atoms with E-state index in [0.29, 0.717) is 5.56 Å². The van der Waals surface area contributed by atoms with Crippen molar-refractivity contribution in [2.75, 3.05) is 19.8 Å². The van der Waals surface area contributed by atoms with Gasteiger partial charge in [0.25, 0.3) is 5.91 Å². The molecule has 1 rings (SSSR count). The van der Waals surface area contributed by atoms with Gasteiger partial charge >= 0.3 is 0 Å². The number of benzene rings is 1. The first-order valence-corrected chi connectivity index (χ1v) is 7.67. The van der Waals surface area contributed by atoms with Crippen molar-refractivity contribution in [2.24, 2.45) is 0 Å². The summed E-state index contributed by atoms with van der Waals surface area (Å²) >= 11 is 0. The van der Waals surface area contributed by atoms with Gasteiger partial charge in [0.15, 0.2) is 0 Å². The molecular weight excluding hydrogens is 296 g/mol. The largest absolute Gasteiger partial charge is 0.396 e. The number of amides is 2. The smallest absolute Gasteiger partial charge is 0.251 e. The van der Waals surface area contributed by atoms with Crippen LogP contribution < -0.4 is 10.6 Å². The van der Waals surface area contributed by atoms with Gasteiger partial charge in [0.05, 0.1) is 19.2 Å². The molecule has 0 spiro atoms. The van der Waals surface area contributed by atoms with E-state index < -0.39 is 11.9 Å². The minimum Gasteiger partial charge on any atom is -0.396 e. The molecule has 0 aliphatic rings. The van der Waals surface area contributed by atoms with Crippen molar-refractivity contribution in [3.63, 3.8) is 0 Å². The number of aliphatic hydroxyl groups is 2. The molecule has 1 aromatic carbocycles. The summed E-state index contributed by atoms with van der Waals surface area (Å²) in [6, 6.07) is 6.76. The van der Waals surface area contributed by atoms with E-state index in [1.165, 1.54) is 0 Å². The van der Waals surface area contributed by atoms with Gasteiger partial charge in [-0.1, -0.05) is 32.9 Å². The lowest BCUT2D eigenvalue weighted by Crippen LogP contribution is -2.43. The van der Waals surface area contributed by atoms with E-state index in [2.05, 4.69) is 31.4 Å². The predicted octanol–water partition coefficient (Wildman–Crippen LogP) is 0.573. The molecular formula is C17H26N2O4. The van der Waals surface area contributed by atoms with Crippen molar-refractivity contribution >= 4 is 11.8 Å². The fourth-order valence-electron chi connectivity index (χ4n) is 2.03. The lowest BCUT2D eigenvalue weighted by molar-refractivity contribution is -0.121. The maximum Gasteiger partial charge on any atom is 0.251 e. The number of carbonyl (C=O) groups excluding carboxylic acids is 2. The van der Waals surface area contributed by atoms with Gasteiger partial charge in [-0.3, -0.25) is 9.59 Å². The van der Waals surface area contributed by atoms with E-state index in [-0.39, 0.29) is 37.5 Å². The van der Waals surface area contributed by atoms with Gasteiger partial charge in [-0.25, -0.2) is 0 Å². The normalized spacial score (nSPS) is 12.6. The molecule has 0 bridgehead atoms. The van der Waals surface area contributed by atoms with Gasteiger partial charge in [0.2, 0.25) is 5.91 Å². The van der Waals surface area contributed by atoms with Crippen molar-refractivity contribution < 1.29 is 19.8 Å². The summed E-state index contributed by atoms with van der Waals surface area (Å²) in [6.45, 7) is 5.72. The second-order valence-electron chi connectivity index (χ2n) is 6.47. The minimum atomic E-state index is -0.504. The second-order valence-corrected chi connectivity index (χ2v) is 6.47. The Morgan fingerprint density at radius 1 is 1.13 bits per heavy atom. The molecule has 1 atom stereocenters. The molecule has 0 saturated carbocycles. The van der Waals surface area contributed by atoms with E-state index in [0.717, 1.165) is 5.56 Å². The highest BCUT2D eigenvalue weighted by atomic mass is 16.3. The summed E-state index contributed by atoms with van der Waals surface area (Å²) in [7, 11) is 0. The Balaban J connectivity index is 2.52. The van der Waals surface area contributed by atoms with Crippen molar-refractivity contribution in [3.05, 3.63) is 35.4 Å². The maximum atomic E-state index is 12.0. The van der Waals surface area contributed by atoms with Crippen LogP contribution in [0.5, 0.6) is 0 Å². The second kappa shape index (κ2) is 8.64. The fourth-order valence-corrected chi connectivity index (χ4v) is 2.03. The number of carbonyl (C=O) groups is 2. The molecule has 0 aromatic heterocycles. The molecule has 1 aromatic rings. The van der Waals surface area contributed by atoms with Crippen LogP contribution in [0.25, 0.3) is 0 Å². The van der Waals surface area contributed by atoms with E-state index in [9.17, 15) is 9.59 Å². The van der Waals surface area contributed by atoms with Crippen molar-refractivity contribution in [1.82, 2.24) is 10.6 Å². The van der Waals surface area contributed by atoms with E-state index in [1.807, 2.05) is 12.1 Å². The van der Waals surface area contributed by atoms with Crippen LogP contribution in [0.4, 0.5) is 0 Å². The van der Waals surface area contributed by atoms with Crippen molar-refractivity contribution in [1.29, 1.82) is 0 Å². The molecule has 6 heteroatoms. The standard InChI is InChI=1S/C17H26N2O4/c1-17(2,3)13-6-4-12(5-7-13)16(23)18-10-15(22)19-14(11-21)8-9-20/h4-7,14,20-21H,8-11H2,1-3H3,(H,18,23)(H,19,22)/t14-/m1/s1. The first kappa shape index (κ1) is 19.1. The summed E-state index contributed by atoms with van der Waals surface area (Å²) in [5, 5.41) is 22.9. The third-order valence-electron chi connectivity index (χ3n) is 3.49. The van der Waals surface area contributed by atoms with Crippen LogP contribution in [0, 0.1) is 0 Å². The topological polar surface area (TPSA) is 98.7 Å². The zero-order valence-electron chi connectivity index (χ0n) is 13.9. The molecule has 6 nitrogen and oxygen atoms in total. The Morgan fingerprint density at radius 2 is 1.74 bits per heavy atom. The average Bonchev–Trinajstić information content (AvgIpc) is 2.51. The Kier molecular flexibility index (Phi) is 7.19. The summed E-state index contributed by atoms with van der Waals surface area (Å²) in [6.07, 6.45) is 0.268.